The van der Waals surface area contributed by atoms with Crippen molar-refractivity contribution in [2.45, 2.75) is 32.7 Å². The van der Waals surface area contributed by atoms with E-state index in [9.17, 15) is 4.79 Å². The summed E-state index contributed by atoms with van der Waals surface area (Å²) in [7, 11) is 0. The van der Waals surface area contributed by atoms with E-state index in [0.29, 0.717) is 0 Å². The Morgan fingerprint density at radius 1 is 1.55 bits per heavy atom. The van der Waals surface area contributed by atoms with Gasteiger partial charge in [-0.1, -0.05) is 5.11 Å². The topological polar surface area (TPSA) is 65.3 Å². The van der Waals surface area contributed by atoms with Gasteiger partial charge in [0.25, 0.3) is 0 Å². The summed E-state index contributed by atoms with van der Waals surface area (Å²) in [6.07, 6.45) is -1.11. The van der Waals surface area contributed by atoms with Gasteiger partial charge in [-0.3, -0.25) is 4.90 Å². The van der Waals surface area contributed by atoms with Crippen LogP contribution in [0.5, 0.6) is 0 Å². The highest BCUT2D eigenvalue weighted by molar-refractivity contribution is 5.76. The van der Waals surface area contributed by atoms with Gasteiger partial charge in [-0.2, -0.15) is 0 Å². The number of nitrogens with zero attached hydrogens (tertiary/aromatic N) is 3. The van der Waals surface area contributed by atoms with Gasteiger partial charge >= 0.3 is 6.03 Å². The van der Waals surface area contributed by atoms with Gasteiger partial charge in [0.15, 0.2) is 0 Å². The van der Waals surface area contributed by atoms with Crippen LogP contribution in [-0.4, -0.2) is 27.9 Å². The van der Waals surface area contributed by atoms with Crippen molar-refractivity contribution in [1.29, 1.82) is 0 Å². The Morgan fingerprint density at radius 3 is 2.27 bits per heavy atom. The van der Waals surface area contributed by atoms with Crippen LogP contribution in [-0.2, 0) is 0 Å². The molecule has 0 aromatic rings. The number of aliphatic hydroxyl groups excluding tert-OH is 1. The molecule has 1 aliphatic heterocycles. The SMILES string of the molecule is CC(C)(C)N1C(=O)N=NC1O. The maximum absolute atomic E-state index is 10.9. The van der Waals surface area contributed by atoms with Gasteiger partial charge in [0.1, 0.15) is 0 Å². The van der Waals surface area contributed by atoms with E-state index < -0.39 is 17.9 Å². The largest absolute Gasteiger partial charge is 0.366 e. The van der Waals surface area contributed by atoms with Crippen LogP contribution in [0.25, 0.3) is 0 Å². The van der Waals surface area contributed by atoms with Crippen molar-refractivity contribution in [2.75, 3.05) is 0 Å². The van der Waals surface area contributed by atoms with E-state index >= 15 is 0 Å². The monoisotopic (exact) mass is 157 g/mol. The molecule has 5 nitrogen and oxygen atoms in total. The summed E-state index contributed by atoms with van der Waals surface area (Å²) in [6, 6.07) is -0.481. The van der Waals surface area contributed by atoms with E-state index in [1.807, 2.05) is 20.8 Å². The fraction of sp³-hybridized carbons (Fsp3) is 0.833. The molecule has 0 aromatic carbocycles. The fourth-order valence-corrected chi connectivity index (χ4v) is 0.933. The minimum Gasteiger partial charge on any atom is -0.354 e. The van der Waals surface area contributed by atoms with Gasteiger partial charge in [-0.15, -0.1) is 5.11 Å². The van der Waals surface area contributed by atoms with E-state index in [1.54, 1.807) is 0 Å². The van der Waals surface area contributed by atoms with Crippen molar-refractivity contribution < 1.29 is 9.90 Å². The Hall–Kier alpha value is -0.970. The molecule has 1 rings (SSSR count). The van der Waals surface area contributed by atoms with Crippen LogP contribution in [0.3, 0.4) is 0 Å². The molecule has 0 saturated carbocycles. The van der Waals surface area contributed by atoms with Gasteiger partial charge in [-0.05, 0) is 20.8 Å². The summed E-state index contributed by atoms with van der Waals surface area (Å²) in [5.74, 6) is 0. The Morgan fingerprint density at radius 2 is 2.09 bits per heavy atom. The van der Waals surface area contributed by atoms with Crippen molar-refractivity contribution in [3.05, 3.63) is 0 Å². The number of azo groups is 1. The zero-order chi connectivity index (χ0) is 8.65. The van der Waals surface area contributed by atoms with Crippen molar-refractivity contribution in [1.82, 2.24) is 4.90 Å². The van der Waals surface area contributed by atoms with Crippen LogP contribution < -0.4 is 0 Å². The molecule has 0 bridgehead atoms. The van der Waals surface area contributed by atoms with Gasteiger partial charge < -0.3 is 5.11 Å². The first-order chi connectivity index (χ1) is 4.93. The highest BCUT2D eigenvalue weighted by Gasteiger charge is 2.36. The first-order valence-electron chi connectivity index (χ1n) is 3.35. The normalized spacial score (nSPS) is 24.9. The average molecular weight is 157 g/mol. The number of carbonyl (C=O) groups excluding carboxylic acids is 1. The van der Waals surface area contributed by atoms with E-state index in [-0.39, 0.29) is 0 Å². The third-order valence-corrected chi connectivity index (χ3v) is 1.41. The number of aliphatic hydroxyl groups is 1. The molecule has 0 aromatic heterocycles. The predicted molar refractivity (Wildman–Crippen MR) is 37.9 cm³/mol. The summed E-state index contributed by atoms with van der Waals surface area (Å²) in [5, 5.41) is 15.7. The summed E-state index contributed by atoms with van der Waals surface area (Å²) >= 11 is 0. The van der Waals surface area contributed by atoms with Crippen molar-refractivity contribution >= 4 is 6.03 Å². The zero-order valence-corrected chi connectivity index (χ0v) is 6.77. The second-order valence-electron chi connectivity index (χ2n) is 3.39. The van der Waals surface area contributed by atoms with Crippen LogP contribution in [0.1, 0.15) is 20.8 Å². The maximum atomic E-state index is 10.9. The minimum absolute atomic E-state index is 0.431. The lowest BCUT2D eigenvalue weighted by Crippen LogP contribution is -2.46. The molecule has 2 amide bonds. The number of amides is 2. The fourth-order valence-electron chi connectivity index (χ4n) is 0.933. The number of rotatable bonds is 0. The zero-order valence-electron chi connectivity index (χ0n) is 6.77. The lowest BCUT2D eigenvalue weighted by atomic mass is 10.1. The van der Waals surface area contributed by atoms with E-state index in [2.05, 4.69) is 10.2 Å². The molecule has 0 radical (unpaired) electrons. The first-order valence-corrected chi connectivity index (χ1v) is 3.35. The summed E-state index contributed by atoms with van der Waals surface area (Å²) in [5.41, 5.74) is -0.431. The van der Waals surface area contributed by atoms with Crippen molar-refractivity contribution in [3.8, 4) is 0 Å². The van der Waals surface area contributed by atoms with Gasteiger partial charge in [0.2, 0.25) is 6.35 Å². The molecular formula is C6H11N3O2. The second-order valence-corrected chi connectivity index (χ2v) is 3.39. The number of urea groups is 1. The Bertz CT molecular complexity index is 206. The molecule has 1 unspecified atom stereocenters. The molecule has 1 atom stereocenters. The van der Waals surface area contributed by atoms with Crippen LogP contribution in [0.15, 0.2) is 10.2 Å². The third-order valence-electron chi connectivity index (χ3n) is 1.41. The molecule has 1 heterocycles. The van der Waals surface area contributed by atoms with Crippen LogP contribution in [0.4, 0.5) is 4.79 Å². The maximum Gasteiger partial charge on any atom is 0.366 e. The lowest BCUT2D eigenvalue weighted by molar-refractivity contribution is 0.00488. The Balaban J connectivity index is 2.82. The van der Waals surface area contributed by atoms with E-state index in [0.717, 1.165) is 0 Å². The lowest BCUT2D eigenvalue weighted by Gasteiger charge is -2.31. The standard InChI is InChI=1S/C6H11N3O2/c1-6(2,3)9-4(10)7-8-5(9)11/h4,10H,1-3H3. The number of carbonyl (C=O) groups is 1. The number of hydrogen-bond donors (Lipinski definition) is 1. The molecule has 11 heavy (non-hydrogen) atoms. The van der Waals surface area contributed by atoms with Gasteiger partial charge in [-0.25, -0.2) is 4.79 Å². The molecule has 5 heteroatoms. The summed E-state index contributed by atoms with van der Waals surface area (Å²) in [6.45, 7) is 5.43. The van der Waals surface area contributed by atoms with Gasteiger partial charge in [0, 0.05) is 5.54 Å². The molecule has 62 valence electrons. The summed E-state index contributed by atoms with van der Waals surface area (Å²) in [4.78, 5) is 12.2. The van der Waals surface area contributed by atoms with E-state index in [4.69, 9.17) is 5.11 Å². The molecule has 1 aliphatic rings. The molecule has 0 fully saturated rings. The van der Waals surface area contributed by atoms with Crippen LogP contribution in [0.2, 0.25) is 0 Å². The third kappa shape index (κ3) is 1.37. The average Bonchev–Trinajstić information content (AvgIpc) is 2.08. The quantitative estimate of drug-likeness (QED) is 0.568. The highest BCUT2D eigenvalue weighted by Crippen LogP contribution is 2.22. The second kappa shape index (κ2) is 2.27. The molecular weight excluding hydrogens is 146 g/mol. The van der Waals surface area contributed by atoms with Gasteiger partial charge in [0.05, 0.1) is 0 Å². The van der Waals surface area contributed by atoms with Crippen LogP contribution >= 0.6 is 0 Å². The molecule has 0 saturated heterocycles. The first kappa shape index (κ1) is 8.13. The molecule has 0 spiro atoms. The predicted octanol–water partition coefficient (Wildman–Crippen LogP) is 0.949. The molecule has 1 N–H and O–H groups in total. The highest BCUT2D eigenvalue weighted by atomic mass is 16.3. The number of hydrogen-bond acceptors (Lipinski definition) is 3. The molecule has 0 aliphatic carbocycles. The van der Waals surface area contributed by atoms with Crippen molar-refractivity contribution in [3.63, 3.8) is 0 Å². The minimum atomic E-state index is -1.11. The van der Waals surface area contributed by atoms with Crippen molar-refractivity contribution in [2.24, 2.45) is 10.2 Å². The Labute approximate surface area is 64.7 Å². The smallest absolute Gasteiger partial charge is 0.354 e. The van der Waals surface area contributed by atoms with Crippen LogP contribution in [0, 0.1) is 0 Å². The Kier molecular flexibility index (Phi) is 1.67. The van der Waals surface area contributed by atoms with E-state index in [1.165, 1.54) is 4.90 Å². The summed E-state index contributed by atoms with van der Waals surface area (Å²) < 4.78 is 0.